The van der Waals surface area contributed by atoms with Crippen molar-refractivity contribution in [1.82, 2.24) is 20.4 Å². The van der Waals surface area contributed by atoms with E-state index in [4.69, 9.17) is 0 Å². The number of benzene rings is 1. The van der Waals surface area contributed by atoms with Crippen LogP contribution in [0.2, 0.25) is 0 Å². The SMILES string of the molecule is CCCCCCNC(=O)C1CCCN(C(=O)c2n[nH]c3ccc([N+](=O)[O-])cc23)C1. The van der Waals surface area contributed by atoms with Crippen molar-refractivity contribution < 1.29 is 14.5 Å². The first-order valence-corrected chi connectivity index (χ1v) is 10.2. The summed E-state index contributed by atoms with van der Waals surface area (Å²) in [6.45, 7) is 3.69. The summed E-state index contributed by atoms with van der Waals surface area (Å²) in [4.78, 5) is 37.6. The number of non-ortho nitro benzene ring substituents is 1. The lowest BCUT2D eigenvalue weighted by Gasteiger charge is -2.31. The average Bonchev–Trinajstić information content (AvgIpc) is 3.16. The molecule has 2 aromatic rings. The molecule has 2 heterocycles. The molecule has 0 saturated carbocycles. The fourth-order valence-electron chi connectivity index (χ4n) is 3.71. The molecule has 29 heavy (non-hydrogen) atoms. The summed E-state index contributed by atoms with van der Waals surface area (Å²) in [5.41, 5.74) is 0.633. The number of hydrogen-bond acceptors (Lipinski definition) is 5. The lowest BCUT2D eigenvalue weighted by atomic mass is 9.96. The van der Waals surface area contributed by atoms with E-state index in [9.17, 15) is 19.7 Å². The highest BCUT2D eigenvalue weighted by molar-refractivity contribution is 6.05. The van der Waals surface area contributed by atoms with Gasteiger partial charge >= 0.3 is 0 Å². The third kappa shape index (κ3) is 4.90. The number of nitro benzene ring substituents is 1. The zero-order chi connectivity index (χ0) is 20.8. The molecule has 1 saturated heterocycles. The summed E-state index contributed by atoms with van der Waals surface area (Å²) in [5.74, 6) is -0.558. The first-order valence-electron chi connectivity index (χ1n) is 10.2. The van der Waals surface area contributed by atoms with E-state index in [0.29, 0.717) is 30.5 Å². The van der Waals surface area contributed by atoms with Crippen LogP contribution < -0.4 is 5.32 Å². The van der Waals surface area contributed by atoms with Gasteiger partial charge in [-0.15, -0.1) is 0 Å². The molecule has 9 heteroatoms. The number of nitro groups is 1. The number of aromatic amines is 1. The Balaban J connectivity index is 1.65. The Bertz CT molecular complexity index is 894. The van der Waals surface area contributed by atoms with Gasteiger partial charge in [0.2, 0.25) is 5.91 Å². The topological polar surface area (TPSA) is 121 Å². The van der Waals surface area contributed by atoms with Crippen LogP contribution in [0.5, 0.6) is 0 Å². The number of amides is 2. The molecule has 1 aromatic heterocycles. The first kappa shape index (κ1) is 20.8. The number of rotatable bonds is 8. The third-order valence-corrected chi connectivity index (χ3v) is 5.37. The molecule has 0 bridgehead atoms. The van der Waals surface area contributed by atoms with Gasteiger partial charge in [0.1, 0.15) is 0 Å². The van der Waals surface area contributed by atoms with Crippen molar-refractivity contribution >= 4 is 28.4 Å². The summed E-state index contributed by atoms with van der Waals surface area (Å²) in [6, 6.07) is 4.27. The molecule has 1 aromatic carbocycles. The van der Waals surface area contributed by atoms with Crippen LogP contribution in [0, 0.1) is 16.0 Å². The highest BCUT2D eigenvalue weighted by Crippen LogP contribution is 2.25. The van der Waals surface area contributed by atoms with Crippen molar-refractivity contribution in [2.24, 2.45) is 5.92 Å². The van der Waals surface area contributed by atoms with Crippen molar-refractivity contribution in [1.29, 1.82) is 0 Å². The second kappa shape index (κ2) is 9.49. The zero-order valence-electron chi connectivity index (χ0n) is 16.6. The Morgan fingerprint density at radius 1 is 1.34 bits per heavy atom. The molecule has 1 aliphatic heterocycles. The predicted molar refractivity (Wildman–Crippen MR) is 109 cm³/mol. The number of fused-ring (bicyclic) bond motifs is 1. The lowest BCUT2D eigenvalue weighted by molar-refractivity contribution is -0.384. The Morgan fingerprint density at radius 3 is 2.93 bits per heavy atom. The first-order chi connectivity index (χ1) is 14.0. The molecule has 0 spiro atoms. The van der Waals surface area contributed by atoms with E-state index < -0.39 is 4.92 Å². The molecule has 2 N–H and O–H groups in total. The maximum atomic E-state index is 13.0. The maximum absolute atomic E-state index is 13.0. The molecule has 156 valence electrons. The third-order valence-electron chi connectivity index (χ3n) is 5.37. The van der Waals surface area contributed by atoms with Crippen LogP contribution in [0.4, 0.5) is 5.69 Å². The average molecular weight is 401 g/mol. The molecule has 1 fully saturated rings. The van der Waals surface area contributed by atoms with Crippen LogP contribution in [0.3, 0.4) is 0 Å². The molecule has 0 aliphatic carbocycles. The monoisotopic (exact) mass is 401 g/mol. The van der Waals surface area contributed by atoms with Gasteiger partial charge < -0.3 is 10.2 Å². The molecular weight excluding hydrogens is 374 g/mol. The van der Waals surface area contributed by atoms with Gasteiger partial charge in [-0.2, -0.15) is 5.10 Å². The fraction of sp³-hybridized carbons (Fsp3) is 0.550. The molecule has 9 nitrogen and oxygen atoms in total. The van der Waals surface area contributed by atoms with Gasteiger partial charge in [0.25, 0.3) is 11.6 Å². The van der Waals surface area contributed by atoms with E-state index in [1.165, 1.54) is 12.1 Å². The summed E-state index contributed by atoms with van der Waals surface area (Å²) in [5, 5.41) is 21.3. The number of nitrogens with one attached hydrogen (secondary N) is 2. The Morgan fingerprint density at radius 2 is 2.17 bits per heavy atom. The van der Waals surface area contributed by atoms with Crippen molar-refractivity contribution in [3.05, 3.63) is 34.0 Å². The number of H-pyrrole nitrogens is 1. The number of aromatic nitrogens is 2. The lowest BCUT2D eigenvalue weighted by Crippen LogP contribution is -2.45. The number of hydrogen-bond donors (Lipinski definition) is 2. The number of unbranched alkanes of at least 4 members (excludes halogenated alkanes) is 3. The van der Waals surface area contributed by atoms with E-state index in [1.807, 2.05) is 0 Å². The largest absolute Gasteiger partial charge is 0.356 e. The van der Waals surface area contributed by atoms with Crippen molar-refractivity contribution in [3.8, 4) is 0 Å². The predicted octanol–water partition coefficient (Wildman–Crippen LogP) is 3.02. The summed E-state index contributed by atoms with van der Waals surface area (Å²) < 4.78 is 0. The van der Waals surface area contributed by atoms with E-state index in [0.717, 1.165) is 38.5 Å². The van der Waals surface area contributed by atoms with Gasteiger partial charge in [-0.05, 0) is 25.3 Å². The second-order valence-electron chi connectivity index (χ2n) is 7.50. The van der Waals surface area contributed by atoms with Gasteiger partial charge in [-0.25, -0.2) is 0 Å². The van der Waals surface area contributed by atoms with Crippen molar-refractivity contribution in [3.63, 3.8) is 0 Å². The number of carbonyl (C=O) groups is 2. The fourth-order valence-corrected chi connectivity index (χ4v) is 3.71. The van der Waals surface area contributed by atoms with Crippen LogP contribution >= 0.6 is 0 Å². The van der Waals surface area contributed by atoms with Gasteiger partial charge in [0.05, 0.1) is 16.4 Å². The minimum atomic E-state index is -0.498. The number of piperidine rings is 1. The van der Waals surface area contributed by atoms with Crippen molar-refractivity contribution in [2.75, 3.05) is 19.6 Å². The summed E-state index contributed by atoms with van der Waals surface area (Å²) >= 11 is 0. The number of carbonyl (C=O) groups excluding carboxylic acids is 2. The molecule has 3 rings (SSSR count). The molecular formula is C20H27N5O4. The van der Waals surface area contributed by atoms with Crippen LogP contribution in [0.1, 0.15) is 55.9 Å². The molecule has 1 aliphatic rings. The highest BCUT2D eigenvalue weighted by atomic mass is 16.6. The number of likely N-dealkylation sites (tertiary alicyclic amines) is 1. The van der Waals surface area contributed by atoms with Gasteiger partial charge in [-0.3, -0.25) is 24.8 Å². The smallest absolute Gasteiger partial charge is 0.275 e. The van der Waals surface area contributed by atoms with Gasteiger partial charge in [0.15, 0.2) is 5.69 Å². The van der Waals surface area contributed by atoms with E-state index in [-0.39, 0.29) is 29.1 Å². The van der Waals surface area contributed by atoms with Crippen molar-refractivity contribution in [2.45, 2.75) is 45.4 Å². The van der Waals surface area contributed by atoms with Gasteiger partial charge in [0, 0.05) is 37.2 Å². The minimum Gasteiger partial charge on any atom is -0.356 e. The molecule has 1 atom stereocenters. The minimum absolute atomic E-state index is 0.0125. The Labute approximate surface area is 169 Å². The molecule has 2 amide bonds. The van der Waals surface area contributed by atoms with Crippen LogP contribution in [0.15, 0.2) is 18.2 Å². The zero-order valence-corrected chi connectivity index (χ0v) is 16.6. The van der Waals surface area contributed by atoms with E-state index >= 15 is 0 Å². The summed E-state index contributed by atoms with van der Waals surface area (Å²) in [7, 11) is 0. The quantitative estimate of drug-likeness (QED) is 0.400. The highest BCUT2D eigenvalue weighted by Gasteiger charge is 2.30. The van der Waals surface area contributed by atoms with Crippen LogP contribution in [-0.4, -0.2) is 51.5 Å². The summed E-state index contributed by atoms with van der Waals surface area (Å²) in [6.07, 6.45) is 5.87. The molecule has 0 radical (unpaired) electrons. The second-order valence-corrected chi connectivity index (χ2v) is 7.50. The standard InChI is InChI=1S/C20H27N5O4/c1-2-3-4-5-10-21-19(26)14-7-6-11-24(13-14)20(27)18-16-12-15(25(28)29)8-9-17(16)22-23-18/h8-9,12,14H,2-7,10-11,13H2,1H3,(H,21,26)(H,22,23). The molecule has 1 unspecified atom stereocenters. The van der Waals surface area contributed by atoms with E-state index in [2.05, 4.69) is 22.4 Å². The van der Waals surface area contributed by atoms with E-state index in [1.54, 1.807) is 11.0 Å². The maximum Gasteiger partial charge on any atom is 0.275 e. The normalized spacial score (nSPS) is 16.7. The van der Waals surface area contributed by atoms with Crippen LogP contribution in [-0.2, 0) is 4.79 Å². The Hall–Kier alpha value is -2.97. The van der Waals surface area contributed by atoms with Gasteiger partial charge in [-0.1, -0.05) is 26.2 Å². The Kier molecular flexibility index (Phi) is 6.79. The van der Waals surface area contributed by atoms with Crippen LogP contribution in [0.25, 0.3) is 10.9 Å². The number of nitrogens with zero attached hydrogens (tertiary/aromatic N) is 3.